The predicted octanol–water partition coefficient (Wildman–Crippen LogP) is 7.02. The maximum atomic E-state index is 11.8. The van der Waals surface area contributed by atoms with E-state index in [1.54, 1.807) is 7.11 Å². The number of carboxylic acid groups (broad SMARTS) is 1. The minimum absolute atomic E-state index is 0.374. The molecule has 0 saturated carbocycles. The zero-order valence-electron chi connectivity index (χ0n) is 22.1. The molecule has 1 heterocycles. The van der Waals surface area contributed by atoms with Crippen molar-refractivity contribution in [2.75, 3.05) is 7.11 Å². The van der Waals surface area contributed by atoms with Crippen LogP contribution in [0.5, 0.6) is 0 Å². The molecule has 188 valence electrons. The van der Waals surface area contributed by atoms with Gasteiger partial charge < -0.3 is 9.84 Å². The molecule has 0 fully saturated rings. The molecule has 5 nitrogen and oxygen atoms in total. The fourth-order valence-electron chi connectivity index (χ4n) is 4.11. The molecular weight excluding hydrogens is 448 g/mol. The van der Waals surface area contributed by atoms with Crippen molar-refractivity contribution in [2.24, 2.45) is 0 Å². The minimum atomic E-state index is -0.826. The summed E-state index contributed by atoms with van der Waals surface area (Å²) in [7, 11) is 1.72. The maximum Gasteiger partial charge on any atom is 0.311 e. The van der Waals surface area contributed by atoms with Gasteiger partial charge in [-0.2, -0.15) is 5.10 Å². The molecule has 36 heavy (non-hydrogen) atoms. The van der Waals surface area contributed by atoms with Gasteiger partial charge in [-0.1, -0.05) is 71.3 Å². The topological polar surface area (TPSA) is 64.4 Å². The average molecular weight is 485 g/mol. The van der Waals surface area contributed by atoms with Gasteiger partial charge in [0.25, 0.3) is 0 Å². The van der Waals surface area contributed by atoms with Crippen molar-refractivity contribution in [1.29, 1.82) is 0 Å². The van der Waals surface area contributed by atoms with E-state index in [9.17, 15) is 9.90 Å². The number of allylic oxidation sites excluding steroid dienone is 5. The van der Waals surface area contributed by atoms with Crippen molar-refractivity contribution < 1.29 is 14.6 Å². The number of hydrogen-bond donors (Lipinski definition) is 1. The molecule has 1 aliphatic carbocycles. The van der Waals surface area contributed by atoms with E-state index in [2.05, 4.69) is 37.2 Å². The smallest absolute Gasteiger partial charge is 0.311 e. The number of carbonyl (C=O) groups is 1. The van der Waals surface area contributed by atoms with Crippen molar-refractivity contribution in [3.05, 3.63) is 118 Å². The Morgan fingerprint density at radius 1 is 1.00 bits per heavy atom. The molecule has 1 unspecified atom stereocenters. The molecule has 5 heteroatoms. The second-order valence-corrected chi connectivity index (χ2v) is 9.33. The van der Waals surface area contributed by atoms with Gasteiger partial charge in [0, 0.05) is 18.5 Å². The van der Waals surface area contributed by atoms with Gasteiger partial charge in [-0.3, -0.25) is 4.79 Å². The summed E-state index contributed by atoms with van der Waals surface area (Å²) in [5.41, 5.74) is 8.35. The largest absolute Gasteiger partial charge is 0.501 e. The summed E-state index contributed by atoms with van der Waals surface area (Å²) in [4.78, 5) is 11.8. The molecule has 0 aliphatic heterocycles. The quantitative estimate of drug-likeness (QED) is 0.408. The van der Waals surface area contributed by atoms with Crippen LogP contribution in [0.25, 0.3) is 5.69 Å². The second-order valence-electron chi connectivity index (χ2n) is 9.33. The first kappa shape index (κ1) is 26.7. The minimum Gasteiger partial charge on any atom is -0.501 e. The summed E-state index contributed by atoms with van der Waals surface area (Å²) in [5.74, 6) is -0.355. The van der Waals surface area contributed by atoms with Crippen LogP contribution in [0.2, 0.25) is 0 Å². The molecule has 0 saturated heterocycles. The van der Waals surface area contributed by atoms with Crippen LogP contribution in [-0.2, 0) is 16.0 Å². The van der Waals surface area contributed by atoms with E-state index in [1.165, 1.54) is 16.7 Å². The maximum absolute atomic E-state index is 11.8. The van der Waals surface area contributed by atoms with Crippen LogP contribution >= 0.6 is 0 Å². The molecular formula is C31H36N2O3. The Morgan fingerprint density at radius 2 is 1.72 bits per heavy atom. The number of rotatable bonds is 6. The number of aliphatic carboxylic acids is 1. The molecule has 2 aromatic carbocycles. The van der Waals surface area contributed by atoms with Crippen molar-refractivity contribution in [2.45, 2.75) is 53.4 Å². The first-order chi connectivity index (χ1) is 17.2. The molecule has 4 rings (SSSR count). The monoisotopic (exact) mass is 484 g/mol. The molecule has 1 aromatic heterocycles. The highest BCUT2D eigenvalue weighted by molar-refractivity contribution is 5.76. The van der Waals surface area contributed by atoms with E-state index in [1.807, 2.05) is 80.1 Å². The number of carboxylic acids is 1. The first-order valence-corrected chi connectivity index (χ1v) is 12.2. The Labute approximate surface area is 214 Å². The van der Waals surface area contributed by atoms with Crippen molar-refractivity contribution in [1.82, 2.24) is 9.78 Å². The van der Waals surface area contributed by atoms with E-state index in [-0.39, 0.29) is 0 Å². The van der Waals surface area contributed by atoms with E-state index in [4.69, 9.17) is 4.74 Å². The van der Waals surface area contributed by atoms with E-state index in [0.717, 1.165) is 40.4 Å². The Kier molecular flexibility index (Phi) is 9.07. The molecule has 0 bridgehead atoms. The number of aromatic nitrogens is 2. The Balaban J connectivity index is 0.000000275. The molecule has 3 aromatic rings. The number of nitrogens with zero attached hydrogens (tertiary/aromatic N) is 2. The van der Waals surface area contributed by atoms with Gasteiger partial charge in [0.05, 0.1) is 24.4 Å². The number of hydrogen-bond acceptors (Lipinski definition) is 3. The predicted molar refractivity (Wildman–Crippen MR) is 146 cm³/mol. The van der Waals surface area contributed by atoms with Gasteiger partial charge in [-0.15, -0.1) is 0 Å². The Bertz CT molecular complexity index is 1290. The first-order valence-electron chi connectivity index (χ1n) is 12.2. The summed E-state index contributed by atoms with van der Waals surface area (Å²) in [6, 6.07) is 17.8. The van der Waals surface area contributed by atoms with Gasteiger partial charge in [0.2, 0.25) is 0 Å². The number of aryl methyl sites for hydroxylation is 3. The standard InChI is InChI=1S/C21H22N2O2.C10H14O/c1-14-7-9-19(10-8-14)23-16(3)12-18(22-23)13-20(21(24)25)17-6-4-5-15(2)11-17;1-8-4-6-9(2)10(11-3)7-5-8/h4-12,20H,13H2,1-3H3,(H,24,25);4-6H,7H2,1-3H3. The zero-order valence-corrected chi connectivity index (χ0v) is 22.1. The molecule has 1 aliphatic rings. The van der Waals surface area contributed by atoms with Gasteiger partial charge >= 0.3 is 5.97 Å². The van der Waals surface area contributed by atoms with Crippen molar-refractivity contribution in [3.8, 4) is 5.69 Å². The van der Waals surface area contributed by atoms with Crippen LogP contribution in [0.1, 0.15) is 54.3 Å². The van der Waals surface area contributed by atoms with Crippen LogP contribution in [0.4, 0.5) is 0 Å². The van der Waals surface area contributed by atoms with Crippen LogP contribution < -0.4 is 0 Å². The van der Waals surface area contributed by atoms with Crippen LogP contribution in [0.3, 0.4) is 0 Å². The third kappa shape index (κ3) is 7.08. The van der Waals surface area contributed by atoms with E-state index in [0.29, 0.717) is 6.42 Å². The summed E-state index contributed by atoms with van der Waals surface area (Å²) in [6.45, 7) is 10.2. The highest BCUT2D eigenvalue weighted by atomic mass is 16.5. The lowest BCUT2D eigenvalue weighted by Gasteiger charge is -2.12. The normalized spacial score (nSPS) is 13.9. The highest BCUT2D eigenvalue weighted by Crippen LogP contribution is 2.23. The lowest BCUT2D eigenvalue weighted by atomic mass is 9.93. The van der Waals surface area contributed by atoms with E-state index < -0.39 is 11.9 Å². The number of benzene rings is 2. The van der Waals surface area contributed by atoms with Crippen LogP contribution in [0, 0.1) is 20.8 Å². The highest BCUT2D eigenvalue weighted by Gasteiger charge is 2.22. The van der Waals surface area contributed by atoms with Gasteiger partial charge in [-0.25, -0.2) is 4.68 Å². The van der Waals surface area contributed by atoms with Gasteiger partial charge in [-0.05, 0) is 64.0 Å². The lowest BCUT2D eigenvalue weighted by molar-refractivity contribution is -0.138. The molecule has 0 radical (unpaired) electrons. The summed E-state index contributed by atoms with van der Waals surface area (Å²) in [6.07, 6.45) is 7.67. The Hall–Kier alpha value is -3.86. The summed E-state index contributed by atoms with van der Waals surface area (Å²) >= 11 is 0. The lowest BCUT2D eigenvalue weighted by Crippen LogP contribution is -2.15. The van der Waals surface area contributed by atoms with Crippen LogP contribution in [-0.4, -0.2) is 28.0 Å². The Morgan fingerprint density at radius 3 is 2.36 bits per heavy atom. The van der Waals surface area contributed by atoms with Crippen LogP contribution in [0.15, 0.2) is 89.7 Å². The molecule has 1 atom stereocenters. The molecule has 0 amide bonds. The van der Waals surface area contributed by atoms with Gasteiger partial charge in [0.1, 0.15) is 5.76 Å². The number of methoxy groups -OCH3 is 1. The van der Waals surface area contributed by atoms with Crippen molar-refractivity contribution >= 4 is 5.97 Å². The third-order valence-electron chi connectivity index (χ3n) is 6.26. The molecule has 1 N–H and O–H groups in total. The third-order valence-corrected chi connectivity index (χ3v) is 6.26. The molecule has 0 spiro atoms. The number of ether oxygens (including phenoxy) is 1. The van der Waals surface area contributed by atoms with Gasteiger partial charge in [0.15, 0.2) is 0 Å². The summed E-state index contributed by atoms with van der Waals surface area (Å²) in [5, 5.41) is 14.3. The SMILES string of the molecule is COC1=C(C)C=CC(C)=CC1.Cc1ccc(-n2nc(CC(C(=O)O)c3cccc(C)c3)cc2C)cc1. The average Bonchev–Trinajstić information content (AvgIpc) is 3.13. The summed E-state index contributed by atoms with van der Waals surface area (Å²) < 4.78 is 7.08. The van der Waals surface area contributed by atoms with E-state index >= 15 is 0 Å². The second kappa shape index (κ2) is 12.2. The zero-order chi connectivity index (χ0) is 26.2. The van der Waals surface area contributed by atoms with Crippen molar-refractivity contribution in [3.63, 3.8) is 0 Å². The fraction of sp³-hybridized carbons (Fsp3) is 0.290. The fourth-order valence-corrected chi connectivity index (χ4v) is 4.11.